The number of alkyl halides is 3. The smallest absolute Gasteiger partial charge is 0.416 e. The normalized spacial score (nSPS) is 16.5. The van der Waals surface area contributed by atoms with E-state index in [0.717, 1.165) is 10.4 Å². The Hall–Kier alpha value is -2.50. The van der Waals surface area contributed by atoms with Crippen molar-refractivity contribution in [2.75, 3.05) is 27.3 Å². The van der Waals surface area contributed by atoms with Gasteiger partial charge in [-0.1, -0.05) is 6.07 Å². The molecule has 30 heavy (non-hydrogen) atoms. The molecular formula is C19H19F3N2O5S. The number of hydrogen-bond acceptors (Lipinski definition) is 6. The van der Waals surface area contributed by atoms with Gasteiger partial charge < -0.3 is 9.47 Å². The zero-order valence-electron chi connectivity index (χ0n) is 16.1. The van der Waals surface area contributed by atoms with E-state index in [1.165, 1.54) is 38.4 Å². The molecule has 0 unspecified atom stereocenters. The fourth-order valence-corrected chi connectivity index (χ4v) is 4.12. The lowest BCUT2D eigenvalue weighted by Crippen LogP contribution is -2.30. The molecule has 162 valence electrons. The maximum Gasteiger partial charge on any atom is 0.416 e. The van der Waals surface area contributed by atoms with Gasteiger partial charge in [-0.25, -0.2) is 18.2 Å². The third-order valence-corrected chi connectivity index (χ3v) is 6.25. The molecule has 11 heteroatoms. The molecule has 7 nitrogen and oxygen atoms in total. The Morgan fingerprint density at radius 2 is 2.00 bits per heavy atom. The molecule has 1 fully saturated rings. The summed E-state index contributed by atoms with van der Waals surface area (Å²) in [4.78, 5) is 15.2. The lowest BCUT2D eigenvalue weighted by molar-refractivity contribution is -0.137. The number of aromatic nitrogens is 1. The van der Waals surface area contributed by atoms with Crippen LogP contribution in [0.15, 0.2) is 41.3 Å². The molecule has 1 saturated heterocycles. The van der Waals surface area contributed by atoms with Crippen molar-refractivity contribution in [2.45, 2.75) is 23.6 Å². The van der Waals surface area contributed by atoms with E-state index >= 15 is 0 Å². The minimum atomic E-state index is -4.74. The van der Waals surface area contributed by atoms with Crippen LogP contribution in [0.4, 0.5) is 13.2 Å². The first kappa shape index (κ1) is 22.2. The number of carbonyl (C=O) groups excluding carboxylic acids is 1. The predicted molar refractivity (Wildman–Crippen MR) is 99.4 cm³/mol. The molecule has 2 aromatic rings. The molecule has 1 aromatic carbocycles. The van der Waals surface area contributed by atoms with Gasteiger partial charge in [0.2, 0.25) is 10.0 Å². The van der Waals surface area contributed by atoms with Gasteiger partial charge in [-0.3, -0.25) is 0 Å². The van der Waals surface area contributed by atoms with Gasteiger partial charge in [0.05, 0.1) is 30.3 Å². The van der Waals surface area contributed by atoms with Crippen molar-refractivity contribution in [2.24, 2.45) is 0 Å². The summed E-state index contributed by atoms with van der Waals surface area (Å²) in [5.74, 6) is -0.687. The molecule has 0 aliphatic carbocycles. The fourth-order valence-electron chi connectivity index (χ4n) is 2.82. The fraction of sp³-hybridized carbons (Fsp3) is 0.368. The maximum absolute atomic E-state index is 13.4. The van der Waals surface area contributed by atoms with Crippen LogP contribution in [0.3, 0.4) is 0 Å². The Morgan fingerprint density at radius 3 is 2.60 bits per heavy atom. The van der Waals surface area contributed by atoms with Crippen LogP contribution < -0.4 is 0 Å². The van der Waals surface area contributed by atoms with Crippen LogP contribution in [0.2, 0.25) is 0 Å². The van der Waals surface area contributed by atoms with Gasteiger partial charge in [0.15, 0.2) is 0 Å². The molecule has 0 N–H and O–H groups in total. The average molecular weight is 444 g/mol. The molecular weight excluding hydrogens is 425 g/mol. The van der Waals surface area contributed by atoms with Gasteiger partial charge in [0.1, 0.15) is 5.69 Å². The largest absolute Gasteiger partial charge is 0.464 e. The summed E-state index contributed by atoms with van der Waals surface area (Å²) in [6, 6.07) is 7.12. The number of carbonyl (C=O) groups is 1. The highest BCUT2D eigenvalue weighted by Crippen LogP contribution is 2.33. The number of benzene rings is 1. The van der Waals surface area contributed by atoms with Gasteiger partial charge in [0.25, 0.3) is 0 Å². The van der Waals surface area contributed by atoms with Crippen molar-refractivity contribution in [3.8, 4) is 0 Å². The number of likely N-dealkylation sites (N-methyl/N-ethyl adjacent to an activating group) is 1. The minimum Gasteiger partial charge on any atom is -0.464 e. The van der Waals surface area contributed by atoms with Crippen molar-refractivity contribution in [3.63, 3.8) is 0 Å². The number of sulfonamides is 1. The summed E-state index contributed by atoms with van der Waals surface area (Å²) >= 11 is 0. The molecule has 0 amide bonds. The molecule has 0 saturated carbocycles. The number of nitrogens with zero attached hydrogens (tertiary/aromatic N) is 2. The zero-order chi connectivity index (χ0) is 22.1. The van der Waals surface area contributed by atoms with Crippen LogP contribution in [-0.2, 0) is 32.1 Å². The minimum absolute atomic E-state index is 0.000937. The highest BCUT2D eigenvalue weighted by atomic mass is 32.2. The molecule has 1 aliphatic heterocycles. The summed E-state index contributed by atoms with van der Waals surface area (Å²) in [5.41, 5.74) is -0.702. The van der Waals surface area contributed by atoms with Gasteiger partial charge in [-0.15, -0.1) is 0 Å². The van der Waals surface area contributed by atoms with Gasteiger partial charge in [-0.2, -0.15) is 17.5 Å². The molecule has 0 bridgehead atoms. The van der Waals surface area contributed by atoms with Crippen LogP contribution in [-0.4, -0.2) is 57.1 Å². The summed E-state index contributed by atoms with van der Waals surface area (Å²) in [6.07, 6.45) is -5.09. The first-order chi connectivity index (χ1) is 14.0. The topological polar surface area (TPSA) is 89.1 Å². The Kier molecular flexibility index (Phi) is 6.16. The summed E-state index contributed by atoms with van der Waals surface area (Å²) in [7, 11) is -1.68. The van der Waals surface area contributed by atoms with Crippen LogP contribution in [0.25, 0.3) is 0 Å². The number of rotatable bonds is 7. The van der Waals surface area contributed by atoms with Crippen LogP contribution in [0.5, 0.6) is 0 Å². The summed E-state index contributed by atoms with van der Waals surface area (Å²) in [6.45, 7) is 0.465. The molecule has 2 heterocycles. The van der Waals surface area contributed by atoms with Crippen molar-refractivity contribution < 1.29 is 35.9 Å². The second kappa shape index (κ2) is 8.32. The van der Waals surface area contributed by atoms with E-state index < -0.39 is 32.6 Å². The standard InChI is InChI=1S/C19H19F3N2O5S/c1-24(10-15-11-29-15)30(26,27)16-8-12(6-13(9-16)19(20,21)22)7-14-4-3-5-17(23-14)18(25)28-2/h3-6,8-9,15H,7,10-11H2,1-2H3/t15-/m0/s1. The lowest BCUT2D eigenvalue weighted by Gasteiger charge is -2.18. The first-order valence-corrected chi connectivity index (χ1v) is 10.3. The van der Waals surface area contributed by atoms with E-state index in [1.54, 1.807) is 0 Å². The third-order valence-electron chi connectivity index (χ3n) is 4.45. The Balaban J connectivity index is 1.98. The monoisotopic (exact) mass is 444 g/mol. The van der Waals surface area contributed by atoms with Crippen molar-refractivity contribution in [3.05, 3.63) is 58.9 Å². The van der Waals surface area contributed by atoms with Crippen LogP contribution >= 0.6 is 0 Å². The van der Waals surface area contributed by atoms with Crippen LogP contribution in [0, 0.1) is 0 Å². The molecule has 1 atom stereocenters. The SMILES string of the molecule is COC(=O)c1cccc(Cc2cc(C(F)(F)F)cc(S(=O)(=O)N(C)C[C@H]3CO3)c2)n1. The second-order valence-corrected chi connectivity index (χ2v) is 8.83. The number of esters is 1. The molecule has 0 radical (unpaired) electrons. The highest BCUT2D eigenvalue weighted by Gasteiger charge is 2.35. The Morgan fingerprint density at radius 1 is 1.30 bits per heavy atom. The molecule has 1 aromatic heterocycles. The van der Waals surface area contributed by atoms with E-state index in [4.69, 9.17) is 4.74 Å². The van der Waals surface area contributed by atoms with Crippen LogP contribution in [0.1, 0.15) is 27.3 Å². The van der Waals surface area contributed by atoms with E-state index in [1.807, 2.05) is 0 Å². The third kappa shape index (κ3) is 5.15. The molecule has 3 rings (SSSR count). The second-order valence-electron chi connectivity index (χ2n) is 6.79. The quantitative estimate of drug-likeness (QED) is 0.482. The first-order valence-electron chi connectivity index (χ1n) is 8.84. The number of epoxide rings is 1. The molecule has 0 spiro atoms. The Bertz CT molecular complexity index is 1050. The summed E-state index contributed by atoms with van der Waals surface area (Å²) < 4.78 is 76.4. The predicted octanol–water partition coefficient (Wildman–Crippen LogP) is 2.50. The Labute approximate surface area is 171 Å². The van der Waals surface area contributed by atoms with Gasteiger partial charge >= 0.3 is 12.1 Å². The number of pyridine rings is 1. The average Bonchev–Trinajstić information content (AvgIpc) is 3.50. The van der Waals surface area contributed by atoms with E-state index in [0.29, 0.717) is 18.4 Å². The highest BCUT2D eigenvalue weighted by molar-refractivity contribution is 7.89. The van der Waals surface area contributed by atoms with Crippen molar-refractivity contribution >= 4 is 16.0 Å². The number of ether oxygens (including phenoxy) is 2. The van der Waals surface area contributed by atoms with E-state index in [2.05, 4.69) is 9.72 Å². The number of hydrogen-bond donors (Lipinski definition) is 0. The van der Waals surface area contributed by atoms with Crippen molar-refractivity contribution in [1.82, 2.24) is 9.29 Å². The lowest BCUT2D eigenvalue weighted by atomic mass is 10.1. The van der Waals surface area contributed by atoms with Crippen molar-refractivity contribution in [1.29, 1.82) is 0 Å². The number of halogens is 3. The molecule has 1 aliphatic rings. The van der Waals surface area contributed by atoms with E-state index in [-0.39, 0.29) is 30.3 Å². The number of methoxy groups -OCH3 is 1. The van der Waals surface area contributed by atoms with E-state index in [9.17, 15) is 26.4 Å². The van der Waals surface area contributed by atoms with Gasteiger partial charge in [-0.05, 0) is 35.9 Å². The zero-order valence-corrected chi connectivity index (χ0v) is 17.0. The maximum atomic E-state index is 13.4. The van der Waals surface area contributed by atoms with Gasteiger partial charge in [0, 0.05) is 25.7 Å². The summed E-state index contributed by atoms with van der Waals surface area (Å²) in [5, 5.41) is 0.